The van der Waals surface area contributed by atoms with E-state index < -0.39 is 0 Å². The fourth-order valence-corrected chi connectivity index (χ4v) is 5.94. The first-order valence-electron chi connectivity index (χ1n) is 10.8. The second-order valence-electron chi connectivity index (χ2n) is 7.39. The number of benzene rings is 1. The zero-order valence-corrected chi connectivity index (χ0v) is 19.9. The summed E-state index contributed by atoms with van der Waals surface area (Å²) in [5.41, 5.74) is 2.57. The zero-order valence-electron chi connectivity index (χ0n) is 18.2. The summed E-state index contributed by atoms with van der Waals surface area (Å²) in [7, 11) is 0. The van der Waals surface area contributed by atoms with E-state index in [2.05, 4.69) is 15.5 Å². The average Bonchev–Trinajstić information content (AvgIpc) is 3.39. The molecule has 0 spiro atoms. The second kappa shape index (κ2) is 10.3. The van der Waals surface area contributed by atoms with Crippen molar-refractivity contribution in [1.29, 1.82) is 0 Å². The normalized spacial score (nSPS) is 12.9. The van der Waals surface area contributed by atoms with Gasteiger partial charge in [-0.2, -0.15) is 0 Å². The van der Waals surface area contributed by atoms with Crippen LogP contribution in [0.5, 0.6) is 0 Å². The van der Waals surface area contributed by atoms with Crippen molar-refractivity contribution >= 4 is 40.0 Å². The topological polar surface area (TPSA) is 86.1 Å². The van der Waals surface area contributed by atoms with E-state index in [1.165, 1.54) is 28.0 Å². The quantitative estimate of drug-likeness (QED) is 0.375. The van der Waals surface area contributed by atoms with Gasteiger partial charge in [0.2, 0.25) is 5.91 Å². The van der Waals surface area contributed by atoms with Crippen LogP contribution in [0.3, 0.4) is 0 Å². The number of hydrogen-bond acceptors (Lipinski definition) is 7. The van der Waals surface area contributed by atoms with Crippen molar-refractivity contribution in [3.8, 4) is 11.4 Å². The lowest BCUT2D eigenvalue weighted by Crippen LogP contribution is -2.17. The SMILES string of the molecule is CCOC(=O)c1c(NC(=O)CSc2nnc(-c3ccccc3)n2CC)sc2c1CCCC2. The summed E-state index contributed by atoms with van der Waals surface area (Å²) in [5.74, 6) is 0.434. The Morgan fingerprint density at radius 1 is 1.16 bits per heavy atom. The summed E-state index contributed by atoms with van der Waals surface area (Å²) in [6.45, 7) is 4.83. The van der Waals surface area contributed by atoms with Gasteiger partial charge in [0.05, 0.1) is 17.9 Å². The standard InChI is InChI=1S/C23H26N4O3S2/c1-3-27-20(15-10-6-5-7-11-15)25-26-23(27)31-14-18(28)24-21-19(22(29)30-4-2)16-12-8-9-13-17(16)32-21/h5-7,10-11H,3-4,8-9,12-14H2,1-2H3,(H,24,28). The number of nitrogens with one attached hydrogen (secondary N) is 1. The molecule has 0 saturated heterocycles. The van der Waals surface area contributed by atoms with Gasteiger partial charge in [-0.15, -0.1) is 21.5 Å². The Balaban J connectivity index is 1.48. The predicted octanol–water partition coefficient (Wildman–Crippen LogP) is 4.81. The lowest BCUT2D eigenvalue weighted by atomic mass is 9.95. The maximum atomic E-state index is 12.8. The van der Waals surface area contributed by atoms with E-state index in [0.717, 1.165) is 42.6 Å². The number of thiophene rings is 1. The third kappa shape index (κ3) is 4.73. The maximum absolute atomic E-state index is 12.8. The Morgan fingerprint density at radius 3 is 2.69 bits per heavy atom. The van der Waals surface area contributed by atoms with E-state index in [9.17, 15) is 9.59 Å². The molecule has 9 heteroatoms. The minimum absolute atomic E-state index is 0.175. The first-order chi connectivity index (χ1) is 15.6. The van der Waals surface area contributed by atoms with E-state index in [0.29, 0.717) is 28.9 Å². The van der Waals surface area contributed by atoms with Crippen LogP contribution in [-0.2, 0) is 28.9 Å². The molecular weight excluding hydrogens is 444 g/mol. The third-order valence-corrected chi connectivity index (χ3v) is 7.48. The van der Waals surface area contributed by atoms with Gasteiger partial charge in [0.15, 0.2) is 11.0 Å². The van der Waals surface area contributed by atoms with Crippen LogP contribution >= 0.6 is 23.1 Å². The minimum atomic E-state index is -0.354. The smallest absolute Gasteiger partial charge is 0.341 e. The summed E-state index contributed by atoms with van der Waals surface area (Å²) in [6.07, 6.45) is 3.95. The van der Waals surface area contributed by atoms with E-state index in [1.807, 2.05) is 41.8 Å². The highest BCUT2D eigenvalue weighted by molar-refractivity contribution is 7.99. The van der Waals surface area contributed by atoms with Crippen LogP contribution in [0.2, 0.25) is 0 Å². The monoisotopic (exact) mass is 470 g/mol. The van der Waals surface area contributed by atoms with Crippen molar-refractivity contribution in [3.63, 3.8) is 0 Å². The molecule has 168 valence electrons. The van der Waals surface area contributed by atoms with Crippen LogP contribution in [-0.4, -0.2) is 39.0 Å². The molecule has 0 saturated carbocycles. The van der Waals surface area contributed by atoms with Gasteiger partial charge in [-0.05, 0) is 45.1 Å². The molecule has 0 unspecified atom stereocenters. The van der Waals surface area contributed by atoms with Gasteiger partial charge >= 0.3 is 5.97 Å². The number of hydrogen-bond donors (Lipinski definition) is 1. The molecule has 1 N–H and O–H groups in total. The van der Waals surface area contributed by atoms with Crippen LogP contribution in [0.15, 0.2) is 35.5 Å². The number of aryl methyl sites for hydroxylation is 1. The number of amides is 1. The Bertz CT molecular complexity index is 1110. The van der Waals surface area contributed by atoms with Crippen LogP contribution in [0.4, 0.5) is 5.00 Å². The summed E-state index contributed by atoms with van der Waals surface area (Å²) in [5, 5.41) is 12.9. The fourth-order valence-electron chi connectivity index (χ4n) is 3.85. The number of anilines is 1. The highest BCUT2D eigenvalue weighted by Crippen LogP contribution is 2.38. The van der Waals surface area contributed by atoms with E-state index >= 15 is 0 Å². The van der Waals surface area contributed by atoms with E-state index in [1.54, 1.807) is 6.92 Å². The molecule has 0 atom stereocenters. The van der Waals surface area contributed by atoms with Gasteiger partial charge in [-0.1, -0.05) is 42.1 Å². The second-order valence-corrected chi connectivity index (χ2v) is 9.44. The van der Waals surface area contributed by atoms with Gasteiger partial charge in [0, 0.05) is 17.0 Å². The largest absolute Gasteiger partial charge is 0.462 e. The number of ether oxygens (including phenoxy) is 1. The van der Waals surface area contributed by atoms with Gasteiger partial charge < -0.3 is 14.6 Å². The van der Waals surface area contributed by atoms with Gasteiger partial charge in [-0.3, -0.25) is 4.79 Å². The number of carbonyl (C=O) groups excluding carboxylic acids is 2. The Morgan fingerprint density at radius 2 is 1.94 bits per heavy atom. The molecule has 2 aromatic heterocycles. The van der Waals surface area contributed by atoms with Crippen molar-refractivity contribution in [2.75, 3.05) is 17.7 Å². The lowest BCUT2D eigenvalue weighted by molar-refractivity contribution is -0.113. The third-order valence-electron chi connectivity index (χ3n) is 5.30. The highest BCUT2D eigenvalue weighted by Gasteiger charge is 2.27. The maximum Gasteiger partial charge on any atom is 0.341 e. The number of esters is 1. The summed E-state index contributed by atoms with van der Waals surface area (Å²) >= 11 is 2.84. The van der Waals surface area contributed by atoms with Crippen LogP contribution in [0.25, 0.3) is 11.4 Å². The predicted molar refractivity (Wildman–Crippen MR) is 127 cm³/mol. The Labute approximate surface area is 195 Å². The molecule has 1 aromatic carbocycles. The summed E-state index contributed by atoms with van der Waals surface area (Å²) < 4.78 is 7.27. The molecule has 2 heterocycles. The Kier molecular flexibility index (Phi) is 7.26. The van der Waals surface area contributed by atoms with Crippen molar-refractivity contribution in [2.24, 2.45) is 0 Å². The first-order valence-corrected chi connectivity index (χ1v) is 12.7. The van der Waals surface area contributed by atoms with Crippen molar-refractivity contribution in [2.45, 2.75) is 51.2 Å². The van der Waals surface area contributed by atoms with Crippen LogP contribution in [0.1, 0.15) is 47.5 Å². The fraction of sp³-hybridized carbons (Fsp3) is 0.391. The molecule has 0 bridgehead atoms. The molecule has 0 aliphatic heterocycles. The molecule has 3 aromatic rings. The molecule has 0 radical (unpaired) electrons. The molecule has 1 aliphatic rings. The number of rotatable bonds is 8. The first kappa shape index (κ1) is 22.5. The van der Waals surface area contributed by atoms with Crippen molar-refractivity contribution < 1.29 is 14.3 Å². The summed E-state index contributed by atoms with van der Waals surface area (Å²) in [4.78, 5) is 26.5. The molecule has 1 aliphatic carbocycles. The number of thioether (sulfide) groups is 1. The molecule has 4 rings (SSSR count). The van der Waals surface area contributed by atoms with Gasteiger partial charge in [0.25, 0.3) is 0 Å². The zero-order chi connectivity index (χ0) is 22.5. The molecule has 0 fully saturated rings. The molecular formula is C23H26N4O3S2. The lowest BCUT2D eigenvalue weighted by Gasteiger charge is -2.12. The number of carbonyl (C=O) groups is 2. The number of nitrogens with zero attached hydrogens (tertiary/aromatic N) is 3. The van der Waals surface area contributed by atoms with E-state index in [-0.39, 0.29) is 17.6 Å². The van der Waals surface area contributed by atoms with Crippen molar-refractivity contribution in [1.82, 2.24) is 14.8 Å². The van der Waals surface area contributed by atoms with Crippen LogP contribution < -0.4 is 5.32 Å². The van der Waals surface area contributed by atoms with Crippen molar-refractivity contribution in [3.05, 3.63) is 46.3 Å². The van der Waals surface area contributed by atoms with E-state index in [4.69, 9.17) is 4.74 Å². The summed E-state index contributed by atoms with van der Waals surface area (Å²) in [6, 6.07) is 9.88. The van der Waals surface area contributed by atoms with Gasteiger partial charge in [0.1, 0.15) is 5.00 Å². The molecule has 32 heavy (non-hydrogen) atoms. The molecule has 7 nitrogen and oxygen atoms in total. The minimum Gasteiger partial charge on any atom is -0.462 e. The van der Waals surface area contributed by atoms with Gasteiger partial charge in [-0.25, -0.2) is 4.79 Å². The number of fused-ring (bicyclic) bond motifs is 1. The average molecular weight is 471 g/mol. The number of aromatic nitrogens is 3. The van der Waals surface area contributed by atoms with Crippen LogP contribution in [0, 0.1) is 0 Å². The Hall–Kier alpha value is -2.65. The highest BCUT2D eigenvalue weighted by atomic mass is 32.2. The molecule has 1 amide bonds.